The average Bonchev–Trinajstić information content (AvgIpc) is 2.54. The zero-order valence-electron chi connectivity index (χ0n) is 12.3. The molecular formula is C17H16ClNO3. The quantitative estimate of drug-likeness (QED) is 0.848. The number of halogens is 1. The number of anilines is 1. The molecule has 1 amide bonds. The molecule has 0 heterocycles. The van der Waals surface area contributed by atoms with Crippen LogP contribution in [0.3, 0.4) is 0 Å². The molecule has 0 aliphatic heterocycles. The summed E-state index contributed by atoms with van der Waals surface area (Å²) in [7, 11) is 3.14. The first kappa shape index (κ1) is 15.9. The number of carbonyl (C=O) groups excluding carboxylic acids is 1. The lowest BCUT2D eigenvalue weighted by Crippen LogP contribution is -2.07. The Labute approximate surface area is 134 Å². The van der Waals surface area contributed by atoms with E-state index in [1.54, 1.807) is 56.7 Å². The van der Waals surface area contributed by atoms with Gasteiger partial charge in [-0.3, -0.25) is 4.79 Å². The van der Waals surface area contributed by atoms with Crippen molar-refractivity contribution in [2.24, 2.45) is 0 Å². The van der Waals surface area contributed by atoms with Gasteiger partial charge in [0.2, 0.25) is 5.91 Å². The molecule has 5 heteroatoms. The van der Waals surface area contributed by atoms with Crippen molar-refractivity contribution < 1.29 is 14.3 Å². The van der Waals surface area contributed by atoms with Crippen LogP contribution in [-0.2, 0) is 4.79 Å². The third-order valence-electron chi connectivity index (χ3n) is 2.95. The van der Waals surface area contributed by atoms with E-state index in [9.17, 15) is 4.79 Å². The van der Waals surface area contributed by atoms with Crippen LogP contribution in [0.15, 0.2) is 48.5 Å². The van der Waals surface area contributed by atoms with Crippen LogP contribution in [0.4, 0.5) is 5.69 Å². The van der Waals surface area contributed by atoms with Crippen molar-refractivity contribution >= 4 is 29.3 Å². The van der Waals surface area contributed by atoms with Gasteiger partial charge in [-0.25, -0.2) is 0 Å². The number of benzene rings is 2. The van der Waals surface area contributed by atoms with Crippen molar-refractivity contribution in [1.29, 1.82) is 0 Å². The van der Waals surface area contributed by atoms with Crippen molar-refractivity contribution in [2.75, 3.05) is 19.5 Å². The van der Waals surface area contributed by atoms with E-state index in [-0.39, 0.29) is 5.91 Å². The number of rotatable bonds is 5. The van der Waals surface area contributed by atoms with Gasteiger partial charge in [0.1, 0.15) is 0 Å². The molecule has 0 atom stereocenters. The lowest BCUT2D eigenvalue weighted by Gasteiger charge is -2.07. The molecule has 0 radical (unpaired) electrons. The highest BCUT2D eigenvalue weighted by Crippen LogP contribution is 2.27. The first-order chi connectivity index (χ1) is 10.6. The van der Waals surface area contributed by atoms with Gasteiger partial charge in [-0.1, -0.05) is 17.7 Å². The van der Waals surface area contributed by atoms with E-state index in [1.165, 1.54) is 6.08 Å². The molecule has 114 valence electrons. The van der Waals surface area contributed by atoms with Gasteiger partial charge in [-0.2, -0.15) is 0 Å². The van der Waals surface area contributed by atoms with E-state index in [0.29, 0.717) is 22.2 Å². The van der Waals surface area contributed by atoms with Crippen molar-refractivity contribution in [2.45, 2.75) is 0 Å². The summed E-state index contributed by atoms with van der Waals surface area (Å²) in [4.78, 5) is 11.9. The zero-order chi connectivity index (χ0) is 15.9. The Morgan fingerprint density at radius 2 is 1.73 bits per heavy atom. The maximum Gasteiger partial charge on any atom is 0.248 e. The largest absolute Gasteiger partial charge is 0.493 e. The minimum atomic E-state index is -0.225. The number of hydrogen-bond donors (Lipinski definition) is 1. The summed E-state index contributed by atoms with van der Waals surface area (Å²) in [6.45, 7) is 0. The summed E-state index contributed by atoms with van der Waals surface area (Å²) < 4.78 is 10.4. The molecule has 0 saturated carbocycles. The monoisotopic (exact) mass is 317 g/mol. The van der Waals surface area contributed by atoms with Crippen molar-refractivity contribution in [3.8, 4) is 11.5 Å². The second kappa shape index (κ2) is 7.52. The first-order valence-corrected chi connectivity index (χ1v) is 6.97. The highest BCUT2D eigenvalue weighted by molar-refractivity contribution is 6.30. The molecule has 4 nitrogen and oxygen atoms in total. The Hall–Kier alpha value is -2.46. The van der Waals surface area contributed by atoms with Gasteiger partial charge < -0.3 is 14.8 Å². The highest BCUT2D eigenvalue weighted by Gasteiger charge is 2.03. The van der Waals surface area contributed by atoms with Crippen LogP contribution in [0.5, 0.6) is 11.5 Å². The van der Waals surface area contributed by atoms with Crippen molar-refractivity contribution in [3.05, 3.63) is 59.1 Å². The number of ether oxygens (including phenoxy) is 2. The third-order valence-corrected chi connectivity index (χ3v) is 3.20. The first-order valence-electron chi connectivity index (χ1n) is 6.59. The van der Waals surface area contributed by atoms with Crippen molar-refractivity contribution in [3.63, 3.8) is 0 Å². The number of amides is 1. The van der Waals surface area contributed by atoms with Gasteiger partial charge in [-0.05, 0) is 48.0 Å². The van der Waals surface area contributed by atoms with E-state index >= 15 is 0 Å². The molecule has 0 unspecified atom stereocenters. The smallest absolute Gasteiger partial charge is 0.248 e. The predicted octanol–water partition coefficient (Wildman–Crippen LogP) is 4.01. The maximum absolute atomic E-state index is 11.9. The van der Waals surface area contributed by atoms with Crippen LogP contribution in [0, 0.1) is 0 Å². The van der Waals surface area contributed by atoms with Crippen molar-refractivity contribution in [1.82, 2.24) is 0 Å². The molecule has 0 aromatic heterocycles. The molecule has 2 aromatic carbocycles. The molecular weight excluding hydrogens is 302 g/mol. The summed E-state index contributed by atoms with van der Waals surface area (Å²) in [5, 5.41) is 3.37. The van der Waals surface area contributed by atoms with Crippen LogP contribution >= 0.6 is 11.6 Å². The second-order valence-corrected chi connectivity index (χ2v) is 4.88. The maximum atomic E-state index is 11.9. The van der Waals surface area contributed by atoms with E-state index in [0.717, 1.165) is 5.56 Å². The number of nitrogens with one attached hydrogen (secondary N) is 1. The summed E-state index contributed by atoms with van der Waals surface area (Å²) in [5.41, 5.74) is 1.52. The fourth-order valence-electron chi connectivity index (χ4n) is 1.85. The lowest BCUT2D eigenvalue weighted by molar-refractivity contribution is -0.111. The van der Waals surface area contributed by atoms with Gasteiger partial charge in [0.05, 0.1) is 14.2 Å². The SMILES string of the molecule is COc1ccc(C=CC(=O)Nc2ccc(Cl)cc2)cc1OC. The van der Waals surface area contributed by atoms with Crippen LogP contribution in [0.2, 0.25) is 5.02 Å². The third kappa shape index (κ3) is 4.27. The Bertz CT molecular complexity index is 681. The molecule has 0 spiro atoms. The van der Waals surface area contributed by atoms with E-state index < -0.39 is 0 Å². The zero-order valence-corrected chi connectivity index (χ0v) is 13.1. The Kier molecular flexibility index (Phi) is 5.44. The summed E-state index contributed by atoms with van der Waals surface area (Å²) in [5.74, 6) is 1.03. The van der Waals surface area contributed by atoms with Gasteiger partial charge in [0, 0.05) is 16.8 Å². The molecule has 0 fully saturated rings. The number of hydrogen-bond acceptors (Lipinski definition) is 3. The van der Waals surface area contributed by atoms with Crippen LogP contribution in [0.1, 0.15) is 5.56 Å². The second-order valence-electron chi connectivity index (χ2n) is 4.44. The van der Waals surface area contributed by atoms with Crippen LogP contribution in [0.25, 0.3) is 6.08 Å². The van der Waals surface area contributed by atoms with Crippen LogP contribution < -0.4 is 14.8 Å². The standard InChI is InChI=1S/C17H16ClNO3/c1-21-15-9-3-12(11-16(15)22-2)4-10-17(20)19-14-7-5-13(18)6-8-14/h3-11H,1-2H3,(H,19,20). The lowest BCUT2D eigenvalue weighted by atomic mass is 10.2. The number of carbonyl (C=O) groups is 1. The molecule has 2 rings (SSSR count). The van der Waals surface area contributed by atoms with Crippen LogP contribution in [-0.4, -0.2) is 20.1 Å². The average molecular weight is 318 g/mol. The van der Waals surface area contributed by atoms with E-state index in [2.05, 4.69) is 5.32 Å². The Balaban J connectivity index is 2.04. The normalized spacial score (nSPS) is 10.5. The Morgan fingerprint density at radius 1 is 1.05 bits per heavy atom. The van der Waals surface area contributed by atoms with Gasteiger partial charge >= 0.3 is 0 Å². The highest BCUT2D eigenvalue weighted by atomic mass is 35.5. The van der Waals surface area contributed by atoms with Gasteiger partial charge in [-0.15, -0.1) is 0 Å². The number of methoxy groups -OCH3 is 2. The Morgan fingerprint density at radius 3 is 2.36 bits per heavy atom. The minimum Gasteiger partial charge on any atom is -0.493 e. The fraction of sp³-hybridized carbons (Fsp3) is 0.118. The molecule has 0 saturated heterocycles. The molecule has 0 aliphatic rings. The molecule has 2 aromatic rings. The van der Waals surface area contributed by atoms with Gasteiger partial charge in [0.25, 0.3) is 0 Å². The summed E-state index contributed by atoms with van der Waals surface area (Å²) in [6, 6.07) is 12.3. The minimum absolute atomic E-state index is 0.225. The molecule has 0 bridgehead atoms. The van der Waals surface area contributed by atoms with Gasteiger partial charge in [0.15, 0.2) is 11.5 Å². The molecule has 22 heavy (non-hydrogen) atoms. The van der Waals surface area contributed by atoms with E-state index in [4.69, 9.17) is 21.1 Å². The summed E-state index contributed by atoms with van der Waals surface area (Å²) >= 11 is 5.79. The molecule has 1 N–H and O–H groups in total. The summed E-state index contributed by atoms with van der Waals surface area (Å²) in [6.07, 6.45) is 3.16. The molecule has 0 aliphatic carbocycles. The van der Waals surface area contributed by atoms with E-state index in [1.807, 2.05) is 6.07 Å². The topological polar surface area (TPSA) is 47.6 Å². The predicted molar refractivity (Wildman–Crippen MR) is 88.7 cm³/mol. The fourth-order valence-corrected chi connectivity index (χ4v) is 1.97.